The van der Waals surface area contributed by atoms with Gasteiger partial charge < -0.3 is 15.0 Å². The smallest absolute Gasteiger partial charge is 0.407 e. The van der Waals surface area contributed by atoms with Gasteiger partial charge in [-0.2, -0.15) is 5.32 Å². The summed E-state index contributed by atoms with van der Waals surface area (Å²) in [6.07, 6.45) is 2.01. The van der Waals surface area contributed by atoms with E-state index in [1.165, 1.54) is 11.0 Å². The van der Waals surface area contributed by atoms with Crippen LogP contribution in [0.25, 0.3) is 0 Å². The highest BCUT2D eigenvalue weighted by atomic mass is 19.1. The van der Waals surface area contributed by atoms with Crippen LogP contribution in [0.4, 0.5) is 25.4 Å². The molecule has 1 saturated carbocycles. The third-order valence-corrected chi connectivity index (χ3v) is 5.43. The zero-order valence-electron chi connectivity index (χ0n) is 17.4. The van der Waals surface area contributed by atoms with Crippen molar-refractivity contribution in [1.29, 1.82) is 0 Å². The van der Waals surface area contributed by atoms with Gasteiger partial charge in [0.2, 0.25) is 0 Å². The van der Waals surface area contributed by atoms with E-state index in [4.69, 9.17) is 4.74 Å². The van der Waals surface area contributed by atoms with Crippen molar-refractivity contribution in [1.82, 2.24) is 10.6 Å². The fourth-order valence-corrected chi connectivity index (χ4v) is 3.91. The van der Waals surface area contributed by atoms with Crippen LogP contribution in [0.2, 0.25) is 0 Å². The van der Waals surface area contributed by atoms with E-state index in [1.807, 2.05) is 4.90 Å². The van der Waals surface area contributed by atoms with Crippen LogP contribution < -0.4 is 20.4 Å². The number of nitrogens with zero attached hydrogens (tertiary/aromatic N) is 3. The third kappa shape index (κ3) is 4.20. The number of amides is 4. The van der Waals surface area contributed by atoms with E-state index >= 15 is 0 Å². The SMILES string of the molecule is CC(C)(C)OC(=O)NCC1CCN(c2cc3c(cc2F)C(=O)[N]C(=O)N3C2CC2)C1. The number of carbonyl (C=O) groups excluding carboxylic acids is 3. The lowest BCUT2D eigenvalue weighted by Gasteiger charge is -2.30. The summed E-state index contributed by atoms with van der Waals surface area (Å²) in [6, 6.07) is 2.23. The lowest BCUT2D eigenvalue weighted by Crippen LogP contribution is -2.45. The Hall–Kier alpha value is -2.84. The van der Waals surface area contributed by atoms with Gasteiger partial charge in [-0.3, -0.25) is 9.69 Å². The molecule has 2 aliphatic heterocycles. The van der Waals surface area contributed by atoms with Crippen molar-refractivity contribution in [3.05, 3.63) is 23.5 Å². The maximum absolute atomic E-state index is 14.8. The van der Waals surface area contributed by atoms with Crippen molar-refractivity contribution in [3.63, 3.8) is 0 Å². The second-order valence-electron chi connectivity index (χ2n) is 9.10. The summed E-state index contributed by atoms with van der Waals surface area (Å²) in [4.78, 5) is 39.6. The van der Waals surface area contributed by atoms with Gasteiger partial charge in [0, 0.05) is 25.7 Å². The number of imide groups is 1. The van der Waals surface area contributed by atoms with E-state index < -0.39 is 29.4 Å². The van der Waals surface area contributed by atoms with Crippen molar-refractivity contribution < 1.29 is 23.5 Å². The number of hydrogen-bond donors (Lipinski definition) is 1. The van der Waals surface area contributed by atoms with Crippen LogP contribution in [0.1, 0.15) is 50.4 Å². The Balaban J connectivity index is 1.47. The molecular weight excluding hydrogens is 391 g/mol. The quantitative estimate of drug-likeness (QED) is 0.813. The van der Waals surface area contributed by atoms with E-state index in [0.717, 1.165) is 19.3 Å². The summed E-state index contributed by atoms with van der Waals surface area (Å²) in [6.45, 7) is 7.01. The van der Waals surface area contributed by atoms with E-state index in [2.05, 4.69) is 10.6 Å². The molecule has 8 nitrogen and oxygen atoms in total. The molecule has 1 N–H and O–H groups in total. The number of rotatable bonds is 4. The first kappa shape index (κ1) is 20.4. The van der Waals surface area contributed by atoms with Gasteiger partial charge in [0.1, 0.15) is 11.4 Å². The van der Waals surface area contributed by atoms with E-state index in [-0.39, 0.29) is 17.5 Å². The molecule has 0 bridgehead atoms. The summed E-state index contributed by atoms with van der Waals surface area (Å²) in [5, 5.41) is 6.30. The molecule has 1 aliphatic carbocycles. The van der Waals surface area contributed by atoms with Gasteiger partial charge in [-0.15, -0.1) is 0 Å². The summed E-state index contributed by atoms with van der Waals surface area (Å²) < 4.78 is 20.1. The van der Waals surface area contributed by atoms with Crippen molar-refractivity contribution in [3.8, 4) is 0 Å². The number of nitrogens with one attached hydrogen (secondary N) is 1. The molecule has 9 heteroatoms. The van der Waals surface area contributed by atoms with Gasteiger partial charge in [0.25, 0.3) is 5.91 Å². The van der Waals surface area contributed by atoms with Crippen molar-refractivity contribution in [2.24, 2.45) is 5.92 Å². The second kappa shape index (κ2) is 7.45. The predicted octanol–water partition coefficient (Wildman–Crippen LogP) is 3.02. The summed E-state index contributed by atoms with van der Waals surface area (Å²) >= 11 is 0. The van der Waals surface area contributed by atoms with Gasteiger partial charge >= 0.3 is 12.1 Å². The molecule has 0 spiro atoms. The lowest BCUT2D eigenvalue weighted by molar-refractivity contribution is 0.0520. The highest BCUT2D eigenvalue weighted by Gasteiger charge is 2.41. The Morgan fingerprint density at radius 3 is 2.63 bits per heavy atom. The zero-order valence-corrected chi connectivity index (χ0v) is 17.4. The predicted molar refractivity (Wildman–Crippen MR) is 108 cm³/mol. The van der Waals surface area contributed by atoms with E-state index in [9.17, 15) is 18.8 Å². The molecule has 4 amide bonds. The number of alkyl carbamates (subject to hydrolysis) is 1. The monoisotopic (exact) mass is 417 g/mol. The molecule has 161 valence electrons. The highest BCUT2D eigenvalue weighted by molar-refractivity contribution is 6.17. The average molecular weight is 417 g/mol. The number of ether oxygens (including phenoxy) is 1. The Morgan fingerprint density at radius 1 is 1.23 bits per heavy atom. The minimum atomic E-state index is -0.696. The standard InChI is InChI=1S/C21H26FN4O4/c1-21(2,3)30-20(29)23-10-12-6-7-25(11-12)17-9-16-14(8-15(17)22)18(27)24-19(28)26(16)13-4-5-13/h8-9,12-13H,4-7,10-11H2,1-3H3,(H,23,29). The average Bonchev–Trinajstić information content (AvgIpc) is 3.35. The van der Waals surface area contributed by atoms with Crippen molar-refractivity contribution >= 4 is 29.4 Å². The van der Waals surface area contributed by atoms with Gasteiger partial charge in [0.05, 0.1) is 16.9 Å². The van der Waals surface area contributed by atoms with Crippen LogP contribution in [0.15, 0.2) is 12.1 Å². The number of urea groups is 1. The number of fused-ring (bicyclic) bond motifs is 1. The summed E-state index contributed by atoms with van der Waals surface area (Å²) in [5.41, 5.74) is 0.369. The molecule has 1 aromatic rings. The maximum atomic E-state index is 14.8. The van der Waals surface area contributed by atoms with Crippen LogP contribution in [-0.2, 0) is 4.74 Å². The molecule has 1 radical (unpaired) electrons. The first-order valence-corrected chi connectivity index (χ1v) is 10.3. The number of halogens is 1. The van der Waals surface area contributed by atoms with Crippen LogP contribution >= 0.6 is 0 Å². The summed E-state index contributed by atoms with van der Waals surface area (Å²) in [7, 11) is 0. The molecule has 1 atom stereocenters. The van der Waals surface area contributed by atoms with Gasteiger partial charge in [0.15, 0.2) is 0 Å². The number of hydrogen-bond acceptors (Lipinski definition) is 5. The first-order chi connectivity index (χ1) is 14.1. The van der Waals surface area contributed by atoms with Crippen LogP contribution in [-0.4, -0.2) is 49.3 Å². The van der Waals surface area contributed by atoms with Crippen LogP contribution in [0, 0.1) is 11.7 Å². The van der Waals surface area contributed by atoms with Crippen LogP contribution in [0.5, 0.6) is 0 Å². The fraction of sp³-hybridized carbons (Fsp3) is 0.571. The second-order valence-corrected chi connectivity index (χ2v) is 9.10. The number of anilines is 2. The topological polar surface area (TPSA) is 93.0 Å². The minimum absolute atomic E-state index is 0.0239. The molecule has 3 aliphatic rings. The van der Waals surface area contributed by atoms with E-state index in [1.54, 1.807) is 26.8 Å². The first-order valence-electron chi connectivity index (χ1n) is 10.3. The Bertz CT molecular complexity index is 894. The van der Waals surface area contributed by atoms with Crippen molar-refractivity contribution in [2.75, 3.05) is 29.4 Å². The number of carbonyl (C=O) groups is 3. The molecular formula is C21H26FN4O4. The largest absolute Gasteiger partial charge is 0.444 e. The Morgan fingerprint density at radius 2 is 1.97 bits per heavy atom. The number of benzene rings is 1. The van der Waals surface area contributed by atoms with Gasteiger partial charge in [-0.25, -0.2) is 14.0 Å². The van der Waals surface area contributed by atoms with Crippen molar-refractivity contribution in [2.45, 2.75) is 51.7 Å². The lowest BCUT2D eigenvalue weighted by atomic mass is 10.1. The third-order valence-electron chi connectivity index (χ3n) is 5.43. The Kier molecular flexibility index (Phi) is 5.07. The van der Waals surface area contributed by atoms with Gasteiger partial charge in [-0.1, -0.05) is 0 Å². The Labute approximate surface area is 174 Å². The molecule has 2 fully saturated rings. The summed E-state index contributed by atoms with van der Waals surface area (Å²) in [5.74, 6) is -1.06. The molecule has 2 heterocycles. The fourth-order valence-electron chi connectivity index (χ4n) is 3.91. The maximum Gasteiger partial charge on any atom is 0.407 e. The molecule has 1 aromatic carbocycles. The molecule has 0 aromatic heterocycles. The zero-order chi connectivity index (χ0) is 21.6. The van der Waals surface area contributed by atoms with Gasteiger partial charge in [-0.05, 0) is 58.1 Å². The molecule has 4 rings (SSSR count). The van der Waals surface area contributed by atoms with E-state index in [0.29, 0.717) is 31.0 Å². The molecule has 1 unspecified atom stereocenters. The van der Waals surface area contributed by atoms with Crippen LogP contribution in [0.3, 0.4) is 0 Å². The highest BCUT2D eigenvalue weighted by Crippen LogP contribution is 2.40. The molecule has 30 heavy (non-hydrogen) atoms. The normalized spacial score (nSPS) is 21.4. The molecule has 1 saturated heterocycles. The minimum Gasteiger partial charge on any atom is -0.444 e.